The monoisotopic (exact) mass is 390 g/mol. The number of anilines is 1. The second kappa shape index (κ2) is 6.99. The van der Waals surface area contributed by atoms with Gasteiger partial charge < -0.3 is 5.32 Å². The number of H-pyrrole nitrogens is 1. The topological polar surface area (TPSA) is 61.0 Å². The lowest BCUT2D eigenvalue weighted by Crippen LogP contribution is -2.38. The minimum Gasteiger partial charge on any atom is -0.334 e. The van der Waals surface area contributed by atoms with E-state index < -0.39 is 29.4 Å². The summed E-state index contributed by atoms with van der Waals surface area (Å²) >= 11 is 0. The van der Waals surface area contributed by atoms with Crippen LogP contribution in [0.1, 0.15) is 11.1 Å². The van der Waals surface area contributed by atoms with Gasteiger partial charge in [-0.25, -0.2) is 18.0 Å². The van der Waals surface area contributed by atoms with Crippen molar-refractivity contribution in [1.82, 2.24) is 15.5 Å². The zero-order valence-electron chi connectivity index (χ0n) is 14.4. The molecule has 0 fully saturated rings. The summed E-state index contributed by atoms with van der Waals surface area (Å²) in [7, 11) is 0. The molecular formula is C19H14F4N4O. The third kappa shape index (κ3) is 3.30. The number of amides is 2. The van der Waals surface area contributed by atoms with Gasteiger partial charge in [-0.05, 0) is 41.8 Å². The summed E-state index contributed by atoms with van der Waals surface area (Å²) in [5, 5.41) is 8.23. The quantitative estimate of drug-likeness (QED) is 0.667. The molecule has 0 spiro atoms. The number of benzene rings is 2. The maximum absolute atomic E-state index is 14.5. The van der Waals surface area contributed by atoms with Gasteiger partial charge in [0.15, 0.2) is 0 Å². The van der Waals surface area contributed by atoms with E-state index in [2.05, 4.69) is 15.5 Å². The fourth-order valence-corrected chi connectivity index (χ4v) is 3.27. The maximum atomic E-state index is 14.5. The van der Waals surface area contributed by atoms with Crippen LogP contribution in [0, 0.1) is 23.4 Å². The Balaban J connectivity index is 1.53. The number of halogens is 4. The van der Waals surface area contributed by atoms with Crippen molar-refractivity contribution in [3.63, 3.8) is 0 Å². The molecule has 3 aromatic rings. The summed E-state index contributed by atoms with van der Waals surface area (Å²) in [4.78, 5) is 13.8. The van der Waals surface area contributed by atoms with Crippen molar-refractivity contribution in [1.29, 1.82) is 0 Å². The highest BCUT2D eigenvalue weighted by Gasteiger charge is 2.27. The number of carbonyl (C=O) groups excluding carboxylic acids is 1. The van der Waals surface area contributed by atoms with Crippen LogP contribution in [0.15, 0.2) is 36.5 Å². The fourth-order valence-electron chi connectivity index (χ4n) is 3.27. The van der Waals surface area contributed by atoms with Crippen LogP contribution in [0.4, 0.5) is 28.0 Å². The first kappa shape index (κ1) is 18.0. The molecule has 4 rings (SSSR count). The van der Waals surface area contributed by atoms with Crippen LogP contribution < -0.4 is 10.2 Å². The Morgan fingerprint density at radius 1 is 1.07 bits per heavy atom. The predicted molar refractivity (Wildman–Crippen MR) is 93.6 cm³/mol. The minimum atomic E-state index is -0.742. The van der Waals surface area contributed by atoms with Gasteiger partial charge in [-0.1, -0.05) is 0 Å². The SMILES string of the molecule is O=C(NCc1cc(F)cc(F)c1)N1CCc2cc(-c3cn[nH]c3F)c(F)cc21. The average molecular weight is 390 g/mol. The largest absolute Gasteiger partial charge is 0.334 e. The van der Waals surface area contributed by atoms with Gasteiger partial charge in [-0.15, -0.1) is 0 Å². The molecular weight excluding hydrogens is 376 g/mol. The van der Waals surface area contributed by atoms with Crippen molar-refractivity contribution in [2.24, 2.45) is 0 Å². The average Bonchev–Trinajstić information content (AvgIpc) is 3.24. The molecule has 0 saturated heterocycles. The Morgan fingerprint density at radius 3 is 2.50 bits per heavy atom. The van der Waals surface area contributed by atoms with Crippen molar-refractivity contribution in [2.45, 2.75) is 13.0 Å². The Bertz CT molecular complexity index is 1050. The van der Waals surface area contributed by atoms with Gasteiger partial charge in [0.05, 0.1) is 17.4 Å². The van der Waals surface area contributed by atoms with E-state index in [4.69, 9.17) is 0 Å². The lowest BCUT2D eigenvalue weighted by molar-refractivity contribution is 0.246. The molecule has 0 unspecified atom stereocenters. The van der Waals surface area contributed by atoms with Crippen LogP contribution in [-0.2, 0) is 13.0 Å². The minimum absolute atomic E-state index is 0.0105. The third-order valence-electron chi connectivity index (χ3n) is 4.56. The number of hydrogen-bond acceptors (Lipinski definition) is 2. The van der Waals surface area contributed by atoms with Crippen LogP contribution in [0.25, 0.3) is 11.1 Å². The molecule has 5 nitrogen and oxygen atoms in total. The van der Waals surface area contributed by atoms with Gasteiger partial charge in [-0.3, -0.25) is 10.00 Å². The van der Waals surface area contributed by atoms with Crippen LogP contribution >= 0.6 is 0 Å². The zero-order valence-corrected chi connectivity index (χ0v) is 14.4. The van der Waals surface area contributed by atoms with Gasteiger partial charge in [-0.2, -0.15) is 9.49 Å². The predicted octanol–water partition coefficient (Wildman–Crippen LogP) is 3.91. The number of carbonyl (C=O) groups is 1. The Kier molecular flexibility index (Phi) is 4.50. The van der Waals surface area contributed by atoms with E-state index in [1.807, 2.05) is 0 Å². The van der Waals surface area contributed by atoms with Crippen LogP contribution in [0.5, 0.6) is 0 Å². The number of aromatic nitrogens is 2. The number of fused-ring (bicyclic) bond motifs is 1. The Morgan fingerprint density at radius 2 is 1.82 bits per heavy atom. The highest BCUT2D eigenvalue weighted by Crippen LogP contribution is 2.35. The van der Waals surface area contributed by atoms with E-state index >= 15 is 0 Å². The first-order chi connectivity index (χ1) is 13.4. The molecule has 9 heteroatoms. The first-order valence-electron chi connectivity index (χ1n) is 8.44. The van der Waals surface area contributed by atoms with Crippen molar-refractivity contribution in [2.75, 3.05) is 11.4 Å². The number of nitrogens with one attached hydrogen (secondary N) is 2. The maximum Gasteiger partial charge on any atom is 0.322 e. The van der Waals surface area contributed by atoms with E-state index in [9.17, 15) is 22.4 Å². The summed E-state index contributed by atoms with van der Waals surface area (Å²) < 4.78 is 54.7. The molecule has 0 saturated carbocycles. The van der Waals surface area contributed by atoms with Gasteiger partial charge >= 0.3 is 6.03 Å². The third-order valence-corrected chi connectivity index (χ3v) is 4.56. The molecule has 1 aliphatic heterocycles. The zero-order chi connectivity index (χ0) is 19.8. The lowest BCUT2D eigenvalue weighted by Gasteiger charge is -2.18. The lowest BCUT2D eigenvalue weighted by atomic mass is 10.0. The van der Waals surface area contributed by atoms with Gasteiger partial charge in [0.1, 0.15) is 17.5 Å². The second-order valence-electron chi connectivity index (χ2n) is 6.40. The number of aromatic amines is 1. The molecule has 0 atom stereocenters. The Labute approximate surface area is 157 Å². The van der Waals surface area contributed by atoms with Crippen molar-refractivity contribution in [3.8, 4) is 11.1 Å². The van der Waals surface area contributed by atoms with Gasteiger partial charge in [0, 0.05) is 24.7 Å². The van der Waals surface area contributed by atoms with Gasteiger partial charge in [0.2, 0.25) is 5.95 Å². The van der Waals surface area contributed by atoms with E-state index in [0.29, 0.717) is 24.2 Å². The summed E-state index contributed by atoms with van der Waals surface area (Å²) in [6, 6.07) is 5.12. The molecule has 0 aliphatic carbocycles. The van der Waals surface area contributed by atoms with Crippen LogP contribution in [0.2, 0.25) is 0 Å². The summed E-state index contributed by atoms with van der Waals surface area (Å²) in [5.41, 5.74) is 1.39. The number of urea groups is 1. The van der Waals surface area contributed by atoms with Crippen LogP contribution in [0.3, 0.4) is 0 Å². The molecule has 1 aliphatic rings. The molecule has 144 valence electrons. The molecule has 1 aromatic heterocycles. The first-order valence-corrected chi connectivity index (χ1v) is 8.44. The van der Waals surface area contributed by atoms with Crippen molar-refractivity contribution < 1.29 is 22.4 Å². The molecule has 2 aromatic carbocycles. The van der Waals surface area contributed by atoms with Crippen LogP contribution in [-0.4, -0.2) is 22.8 Å². The van der Waals surface area contributed by atoms with Crippen molar-refractivity contribution in [3.05, 3.63) is 71.1 Å². The highest BCUT2D eigenvalue weighted by atomic mass is 19.1. The number of hydrogen-bond donors (Lipinski definition) is 2. The number of rotatable bonds is 3. The smallest absolute Gasteiger partial charge is 0.322 e. The second-order valence-corrected chi connectivity index (χ2v) is 6.40. The molecule has 0 radical (unpaired) electrons. The normalized spacial score (nSPS) is 12.9. The van der Waals surface area contributed by atoms with Crippen molar-refractivity contribution >= 4 is 11.7 Å². The van der Waals surface area contributed by atoms with E-state index in [1.54, 1.807) is 0 Å². The van der Waals surface area contributed by atoms with E-state index in [0.717, 1.165) is 18.2 Å². The summed E-state index contributed by atoms with van der Waals surface area (Å²) in [5.74, 6) is -2.91. The molecule has 2 heterocycles. The summed E-state index contributed by atoms with van der Waals surface area (Å²) in [6.45, 7) is 0.218. The molecule has 0 bridgehead atoms. The van der Waals surface area contributed by atoms with E-state index in [1.165, 1.54) is 23.2 Å². The molecule has 28 heavy (non-hydrogen) atoms. The van der Waals surface area contributed by atoms with Gasteiger partial charge in [0.25, 0.3) is 0 Å². The highest BCUT2D eigenvalue weighted by molar-refractivity contribution is 5.94. The Hall–Kier alpha value is -3.36. The van der Waals surface area contributed by atoms with E-state index in [-0.39, 0.29) is 23.2 Å². The molecule has 2 amide bonds. The summed E-state index contributed by atoms with van der Waals surface area (Å²) in [6.07, 6.45) is 1.65. The fraction of sp³-hybridized carbons (Fsp3) is 0.158. The molecule has 2 N–H and O–H groups in total. The number of nitrogens with zero attached hydrogens (tertiary/aromatic N) is 2. The standard InChI is InChI=1S/C19H14F4N4O/c20-12-3-10(4-13(21)6-12)8-24-19(28)27-2-1-11-5-14(16(22)7-17(11)27)15-9-25-26-18(15)23/h3-7,9H,1-2,8H2,(H,24,28)(H,25,26).